The summed E-state index contributed by atoms with van der Waals surface area (Å²) in [6, 6.07) is 3.97. The number of rotatable bonds is 3. The van der Waals surface area contributed by atoms with Crippen LogP contribution in [0.4, 0.5) is 0 Å². The quantitative estimate of drug-likeness (QED) is 0.836. The summed E-state index contributed by atoms with van der Waals surface area (Å²) < 4.78 is 2.07. The lowest BCUT2D eigenvalue weighted by Gasteiger charge is -2.10. The highest BCUT2D eigenvalue weighted by atomic mass is 32.1. The lowest BCUT2D eigenvalue weighted by molar-refractivity contribution is 0.661. The third kappa shape index (κ3) is 1.58. The SMILES string of the molecule is CCn1ccnc1C(N)c1cccs1. The zero-order chi connectivity index (χ0) is 9.97. The van der Waals surface area contributed by atoms with Crippen LogP contribution in [0.15, 0.2) is 29.9 Å². The molecule has 1 unspecified atom stereocenters. The molecule has 0 aliphatic heterocycles. The Kier molecular flexibility index (Phi) is 2.65. The van der Waals surface area contributed by atoms with Crippen LogP contribution < -0.4 is 5.73 Å². The maximum absolute atomic E-state index is 6.11. The van der Waals surface area contributed by atoms with E-state index < -0.39 is 0 Å². The molecule has 4 heteroatoms. The lowest BCUT2D eigenvalue weighted by Crippen LogP contribution is -2.16. The van der Waals surface area contributed by atoms with Crippen molar-refractivity contribution in [2.75, 3.05) is 0 Å². The van der Waals surface area contributed by atoms with Crippen LogP contribution in [0, 0.1) is 0 Å². The molecule has 0 radical (unpaired) electrons. The van der Waals surface area contributed by atoms with E-state index in [0.29, 0.717) is 0 Å². The Balaban J connectivity index is 2.31. The minimum absolute atomic E-state index is 0.0926. The van der Waals surface area contributed by atoms with E-state index in [0.717, 1.165) is 17.2 Å². The summed E-state index contributed by atoms with van der Waals surface area (Å²) >= 11 is 1.67. The number of nitrogens with two attached hydrogens (primary N) is 1. The number of hydrogen-bond donors (Lipinski definition) is 1. The van der Waals surface area contributed by atoms with E-state index >= 15 is 0 Å². The second-order valence-corrected chi connectivity index (χ2v) is 4.04. The maximum Gasteiger partial charge on any atom is 0.131 e. The van der Waals surface area contributed by atoms with Gasteiger partial charge in [-0.15, -0.1) is 11.3 Å². The molecule has 0 aliphatic carbocycles. The molecule has 0 aromatic carbocycles. The standard InChI is InChI=1S/C10H13N3S/c1-2-13-6-5-12-10(13)9(11)8-4-3-7-14-8/h3-7,9H,2,11H2,1H3. The first-order valence-electron chi connectivity index (χ1n) is 4.63. The molecule has 0 spiro atoms. The fourth-order valence-corrected chi connectivity index (χ4v) is 2.19. The van der Waals surface area contributed by atoms with Gasteiger partial charge in [-0.25, -0.2) is 4.98 Å². The zero-order valence-electron chi connectivity index (χ0n) is 8.05. The van der Waals surface area contributed by atoms with Crippen molar-refractivity contribution >= 4 is 11.3 Å². The Morgan fingerprint density at radius 1 is 1.64 bits per heavy atom. The Labute approximate surface area is 87.2 Å². The molecule has 0 bridgehead atoms. The summed E-state index contributed by atoms with van der Waals surface area (Å²) in [5.74, 6) is 0.940. The molecule has 2 aromatic heterocycles. The first kappa shape index (κ1) is 9.43. The molecule has 2 aromatic rings. The number of aryl methyl sites for hydroxylation is 1. The Morgan fingerprint density at radius 2 is 2.50 bits per heavy atom. The van der Waals surface area contributed by atoms with Gasteiger partial charge in [0.05, 0.1) is 6.04 Å². The van der Waals surface area contributed by atoms with Crippen LogP contribution in [0.5, 0.6) is 0 Å². The van der Waals surface area contributed by atoms with Gasteiger partial charge in [0, 0.05) is 23.8 Å². The Bertz CT molecular complexity index is 391. The van der Waals surface area contributed by atoms with Crippen molar-refractivity contribution in [2.45, 2.75) is 19.5 Å². The molecule has 3 nitrogen and oxygen atoms in total. The molecule has 0 saturated heterocycles. The van der Waals surface area contributed by atoms with E-state index in [1.165, 1.54) is 0 Å². The van der Waals surface area contributed by atoms with Gasteiger partial charge < -0.3 is 10.3 Å². The number of thiophene rings is 1. The largest absolute Gasteiger partial charge is 0.334 e. The molecule has 0 saturated carbocycles. The number of hydrogen-bond acceptors (Lipinski definition) is 3. The van der Waals surface area contributed by atoms with Gasteiger partial charge in [-0.1, -0.05) is 6.07 Å². The normalized spacial score (nSPS) is 13.0. The lowest BCUT2D eigenvalue weighted by atomic mass is 10.2. The predicted molar refractivity (Wildman–Crippen MR) is 58.3 cm³/mol. The van der Waals surface area contributed by atoms with Crippen LogP contribution >= 0.6 is 11.3 Å². The maximum atomic E-state index is 6.11. The summed E-state index contributed by atoms with van der Waals surface area (Å²) in [7, 11) is 0. The molecule has 2 rings (SSSR count). The molecule has 2 N–H and O–H groups in total. The summed E-state index contributed by atoms with van der Waals surface area (Å²) in [6.45, 7) is 3.00. The van der Waals surface area contributed by atoms with Gasteiger partial charge in [0.1, 0.15) is 5.82 Å². The Morgan fingerprint density at radius 3 is 3.14 bits per heavy atom. The van der Waals surface area contributed by atoms with Crippen molar-refractivity contribution in [2.24, 2.45) is 5.73 Å². The van der Waals surface area contributed by atoms with Crippen molar-refractivity contribution in [3.05, 3.63) is 40.6 Å². The van der Waals surface area contributed by atoms with Crippen LogP contribution in [0.1, 0.15) is 23.7 Å². The van der Waals surface area contributed by atoms with Gasteiger partial charge >= 0.3 is 0 Å². The first-order chi connectivity index (χ1) is 6.83. The summed E-state index contributed by atoms with van der Waals surface area (Å²) in [6.07, 6.45) is 3.76. The van der Waals surface area contributed by atoms with E-state index in [9.17, 15) is 0 Å². The molecule has 1 atom stereocenters. The molecule has 74 valence electrons. The highest BCUT2D eigenvalue weighted by Crippen LogP contribution is 2.22. The molecule has 14 heavy (non-hydrogen) atoms. The minimum atomic E-state index is -0.0926. The number of nitrogens with zero attached hydrogens (tertiary/aromatic N) is 2. The van der Waals surface area contributed by atoms with Crippen LogP contribution in [-0.2, 0) is 6.54 Å². The molecular formula is C10H13N3S. The third-order valence-electron chi connectivity index (χ3n) is 2.22. The third-order valence-corrected chi connectivity index (χ3v) is 3.17. The number of aromatic nitrogens is 2. The van der Waals surface area contributed by atoms with E-state index in [2.05, 4.69) is 16.5 Å². The highest BCUT2D eigenvalue weighted by molar-refractivity contribution is 7.10. The van der Waals surface area contributed by atoms with Gasteiger partial charge in [0.15, 0.2) is 0 Å². The second kappa shape index (κ2) is 3.94. The monoisotopic (exact) mass is 207 g/mol. The van der Waals surface area contributed by atoms with Gasteiger partial charge in [-0.2, -0.15) is 0 Å². The Hall–Kier alpha value is -1.13. The van der Waals surface area contributed by atoms with Crippen molar-refractivity contribution in [3.8, 4) is 0 Å². The minimum Gasteiger partial charge on any atom is -0.334 e. The van der Waals surface area contributed by atoms with E-state index in [4.69, 9.17) is 5.73 Å². The van der Waals surface area contributed by atoms with Crippen molar-refractivity contribution < 1.29 is 0 Å². The first-order valence-corrected chi connectivity index (χ1v) is 5.51. The molecule has 0 amide bonds. The summed E-state index contributed by atoms with van der Waals surface area (Å²) in [5, 5.41) is 2.04. The molecule has 2 heterocycles. The molecular weight excluding hydrogens is 194 g/mol. The van der Waals surface area contributed by atoms with Crippen molar-refractivity contribution in [1.29, 1.82) is 0 Å². The van der Waals surface area contributed by atoms with Crippen molar-refractivity contribution in [1.82, 2.24) is 9.55 Å². The van der Waals surface area contributed by atoms with Crippen LogP contribution in [-0.4, -0.2) is 9.55 Å². The predicted octanol–water partition coefficient (Wildman–Crippen LogP) is 2.01. The smallest absolute Gasteiger partial charge is 0.131 e. The fourth-order valence-electron chi connectivity index (χ4n) is 1.46. The van der Waals surface area contributed by atoms with Gasteiger partial charge in [0.25, 0.3) is 0 Å². The molecule has 0 aliphatic rings. The van der Waals surface area contributed by atoms with Crippen LogP contribution in [0.2, 0.25) is 0 Å². The van der Waals surface area contributed by atoms with Gasteiger partial charge in [-0.05, 0) is 18.4 Å². The van der Waals surface area contributed by atoms with Crippen LogP contribution in [0.25, 0.3) is 0 Å². The van der Waals surface area contributed by atoms with Crippen molar-refractivity contribution in [3.63, 3.8) is 0 Å². The highest BCUT2D eigenvalue weighted by Gasteiger charge is 2.14. The van der Waals surface area contributed by atoms with E-state index in [1.54, 1.807) is 17.5 Å². The summed E-state index contributed by atoms with van der Waals surface area (Å²) in [5.41, 5.74) is 6.11. The second-order valence-electron chi connectivity index (χ2n) is 3.06. The van der Waals surface area contributed by atoms with Crippen LogP contribution in [0.3, 0.4) is 0 Å². The van der Waals surface area contributed by atoms with E-state index in [-0.39, 0.29) is 6.04 Å². The number of imidazole rings is 1. The average Bonchev–Trinajstić information content (AvgIpc) is 2.87. The summed E-state index contributed by atoms with van der Waals surface area (Å²) in [4.78, 5) is 5.45. The molecule has 0 fully saturated rings. The van der Waals surface area contributed by atoms with Gasteiger partial charge in [-0.3, -0.25) is 0 Å². The fraction of sp³-hybridized carbons (Fsp3) is 0.300. The van der Waals surface area contributed by atoms with Gasteiger partial charge in [0.2, 0.25) is 0 Å². The average molecular weight is 207 g/mol. The topological polar surface area (TPSA) is 43.8 Å². The zero-order valence-corrected chi connectivity index (χ0v) is 8.87. The van der Waals surface area contributed by atoms with E-state index in [1.807, 2.05) is 23.7 Å².